The van der Waals surface area contributed by atoms with E-state index >= 15 is 0 Å². The molecule has 2 heterocycles. The van der Waals surface area contributed by atoms with Crippen LogP contribution in [0.5, 0.6) is 0 Å². The molecule has 3 rings (SSSR count). The fourth-order valence-electron chi connectivity index (χ4n) is 3.01. The summed E-state index contributed by atoms with van der Waals surface area (Å²) in [6.45, 7) is 11.6. The van der Waals surface area contributed by atoms with E-state index in [0.29, 0.717) is 0 Å². The first-order valence-corrected chi connectivity index (χ1v) is 8.37. The van der Waals surface area contributed by atoms with E-state index in [4.69, 9.17) is 0 Å². The summed E-state index contributed by atoms with van der Waals surface area (Å²) in [6.07, 6.45) is 1.99. The lowest BCUT2D eigenvalue weighted by Crippen LogP contribution is -2.43. The number of benzene rings is 1. The van der Waals surface area contributed by atoms with E-state index < -0.39 is 0 Å². The van der Waals surface area contributed by atoms with Crippen LogP contribution in [0.1, 0.15) is 32.0 Å². The lowest BCUT2D eigenvalue weighted by Gasteiger charge is -2.29. The first kappa shape index (κ1) is 15.9. The van der Waals surface area contributed by atoms with Gasteiger partial charge in [-0.25, -0.2) is 0 Å². The third kappa shape index (κ3) is 3.85. The van der Waals surface area contributed by atoms with Gasteiger partial charge in [0.05, 0.1) is 5.69 Å². The third-order valence-corrected chi connectivity index (χ3v) is 4.26. The smallest absolute Gasteiger partial charge is 0.0725 e. The van der Waals surface area contributed by atoms with Crippen LogP contribution in [-0.4, -0.2) is 36.4 Å². The van der Waals surface area contributed by atoms with Crippen LogP contribution in [0, 0.1) is 0 Å². The maximum absolute atomic E-state index is 4.40. The van der Waals surface area contributed by atoms with Gasteiger partial charge < -0.3 is 15.5 Å². The Morgan fingerprint density at radius 2 is 1.83 bits per heavy atom. The number of nitrogens with one attached hydrogen (secondary N) is 3. The molecule has 0 unspecified atom stereocenters. The molecule has 1 fully saturated rings. The molecule has 0 radical (unpaired) electrons. The molecule has 0 amide bonds. The maximum atomic E-state index is 4.40. The van der Waals surface area contributed by atoms with Crippen LogP contribution in [0.15, 0.2) is 30.5 Å². The van der Waals surface area contributed by atoms with Crippen molar-refractivity contribution in [3.63, 3.8) is 0 Å². The van der Waals surface area contributed by atoms with E-state index in [-0.39, 0.29) is 5.41 Å². The Morgan fingerprint density at radius 3 is 2.48 bits per heavy atom. The highest BCUT2D eigenvalue weighted by atomic mass is 15.2. The number of rotatable bonds is 4. The van der Waals surface area contributed by atoms with Crippen molar-refractivity contribution >= 4 is 11.4 Å². The Hall–Kier alpha value is -2.01. The van der Waals surface area contributed by atoms with Crippen LogP contribution in [0.25, 0.3) is 0 Å². The minimum absolute atomic E-state index is 0.0587. The van der Waals surface area contributed by atoms with Crippen molar-refractivity contribution in [2.45, 2.75) is 32.7 Å². The molecule has 1 aromatic heterocycles. The van der Waals surface area contributed by atoms with Crippen LogP contribution in [0.4, 0.5) is 11.4 Å². The quantitative estimate of drug-likeness (QED) is 0.812. The first-order valence-electron chi connectivity index (χ1n) is 8.37. The number of aromatic amines is 1. The molecule has 0 spiro atoms. The standard InChI is InChI=1S/C18H27N5/c1-18(2,3)17-14(13-21-22-17)12-20-15-4-6-16(7-5-15)23-10-8-19-9-11-23/h4-7,13,19-20H,8-12H2,1-3H3,(H,21,22). The zero-order valence-corrected chi connectivity index (χ0v) is 14.3. The van der Waals surface area contributed by atoms with Crippen LogP contribution < -0.4 is 15.5 Å². The van der Waals surface area contributed by atoms with Gasteiger partial charge in [0.2, 0.25) is 0 Å². The third-order valence-electron chi connectivity index (χ3n) is 4.26. The highest BCUT2D eigenvalue weighted by molar-refractivity contribution is 5.55. The van der Waals surface area contributed by atoms with Gasteiger partial charge in [0.25, 0.3) is 0 Å². The van der Waals surface area contributed by atoms with E-state index in [0.717, 1.165) is 44.1 Å². The summed E-state index contributed by atoms with van der Waals surface area (Å²) >= 11 is 0. The molecule has 23 heavy (non-hydrogen) atoms. The number of nitrogens with zero attached hydrogens (tertiary/aromatic N) is 2. The van der Waals surface area contributed by atoms with E-state index in [1.165, 1.54) is 11.3 Å². The summed E-state index contributed by atoms with van der Waals surface area (Å²) in [6, 6.07) is 8.73. The van der Waals surface area contributed by atoms with E-state index in [1.807, 2.05) is 6.20 Å². The normalized spacial score (nSPS) is 15.7. The molecule has 124 valence electrons. The second-order valence-corrected chi connectivity index (χ2v) is 7.15. The van der Waals surface area contributed by atoms with E-state index in [1.54, 1.807) is 0 Å². The average Bonchev–Trinajstić information content (AvgIpc) is 3.03. The number of hydrogen-bond acceptors (Lipinski definition) is 4. The first-order chi connectivity index (χ1) is 11.0. The molecule has 1 aliphatic heterocycles. The van der Waals surface area contributed by atoms with Crippen molar-refractivity contribution in [3.05, 3.63) is 41.7 Å². The zero-order valence-electron chi connectivity index (χ0n) is 14.3. The molecule has 0 atom stereocenters. The Kier molecular flexibility index (Phi) is 4.57. The monoisotopic (exact) mass is 313 g/mol. The number of piperazine rings is 1. The van der Waals surface area contributed by atoms with Crippen LogP contribution in [0.3, 0.4) is 0 Å². The number of anilines is 2. The van der Waals surface area contributed by atoms with Crippen LogP contribution in [-0.2, 0) is 12.0 Å². The molecule has 1 aliphatic rings. The topological polar surface area (TPSA) is 56.0 Å². The number of H-pyrrole nitrogens is 1. The SMILES string of the molecule is CC(C)(C)c1n[nH]cc1CNc1ccc(N2CCNCC2)cc1. The molecule has 1 saturated heterocycles. The lowest BCUT2D eigenvalue weighted by atomic mass is 9.89. The molecule has 0 bridgehead atoms. The van der Waals surface area contributed by atoms with E-state index in [9.17, 15) is 0 Å². The van der Waals surface area contributed by atoms with Gasteiger partial charge in [0.15, 0.2) is 0 Å². The number of hydrogen-bond donors (Lipinski definition) is 3. The summed E-state index contributed by atoms with van der Waals surface area (Å²) in [4.78, 5) is 2.42. The van der Waals surface area contributed by atoms with Crippen molar-refractivity contribution in [2.75, 3.05) is 36.4 Å². The molecule has 1 aromatic carbocycles. The van der Waals surface area contributed by atoms with Gasteiger partial charge in [-0.05, 0) is 24.3 Å². The molecular formula is C18H27N5. The van der Waals surface area contributed by atoms with Crippen LogP contribution in [0.2, 0.25) is 0 Å². The Bertz CT molecular complexity index is 618. The molecular weight excluding hydrogens is 286 g/mol. The minimum Gasteiger partial charge on any atom is -0.381 e. The second kappa shape index (κ2) is 6.62. The van der Waals surface area contributed by atoms with Gasteiger partial charge in [0.1, 0.15) is 0 Å². The Balaban J connectivity index is 1.62. The zero-order chi connectivity index (χ0) is 16.3. The summed E-state index contributed by atoms with van der Waals surface area (Å²) in [5, 5.41) is 14.3. The predicted octanol–water partition coefficient (Wildman–Crippen LogP) is 2.73. The Labute approximate surface area is 138 Å². The van der Waals surface area contributed by atoms with Gasteiger partial charge in [0, 0.05) is 61.3 Å². The summed E-state index contributed by atoms with van der Waals surface area (Å²) in [7, 11) is 0. The van der Waals surface area contributed by atoms with E-state index in [2.05, 4.69) is 70.8 Å². The number of aromatic nitrogens is 2. The fourth-order valence-corrected chi connectivity index (χ4v) is 3.01. The maximum Gasteiger partial charge on any atom is 0.0725 e. The average molecular weight is 313 g/mol. The lowest BCUT2D eigenvalue weighted by molar-refractivity contribution is 0.561. The second-order valence-electron chi connectivity index (χ2n) is 7.15. The highest BCUT2D eigenvalue weighted by Gasteiger charge is 2.20. The largest absolute Gasteiger partial charge is 0.381 e. The molecule has 5 nitrogen and oxygen atoms in total. The van der Waals surface area contributed by atoms with Gasteiger partial charge in [-0.15, -0.1) is 0 Å². The highest BCUT2D eigenvalue weighted by Crippen LogP contribution is 2.24. The van der Waals surface area contributed by atoms with Crippen molar-refractivity contribution in [1.82, 2.24) is 15.5 Å². The minimum atomic E-state index is 0.0587. The fraction of sp³-hybridized carbons (Fsp3) is 0.500. The van der Waals surface area contributed by atoms with Crippen molar-refractivity contribution < 1.29 is 0 Å². The van der Waals surface area contributed by atoms with Crippen molar-refractivity contribution in [2.24, 2.45) is 0 Å². The van der Waals surface area contributed by atoms with Gasteiger partial charge in [-0.3, -0.25) is 5.10 Å². The van der Waals surface area contributed by atoms with Crippen molar-refractivity contribution in [1.29, 1.82) is 0 Å². The van der Waals surface area contributed by atoms with Gasteiger partial charge in [-0.2, -0.15) is 5.10 Å². The van der Waals surface area contributed by atoms with Crippen molar-refractivity contribution in [3.8, 4) is 0 Å². The summed E-state index contributed by atoms with van der Waals surface area (Å²) in [5.74, 6) is 0. The van der Waals surface area contributed by atoms with Gasteiger partial charge in [-0.1, -0.05) is 20.8 Å². The molecule has 5 heteroatoms. The molecule has 0 saturated carbocycles. The predicted molar refractivity (Wildman–Crippen MR) is 96.1 cm³/mol. The van der Waals surface area contributed by atoms with Crippen LogP contribution >= 0.6 is 0 Å². The molecule has 2 aromatic rings. The summed E-state index contributed by atoms with van der Waals surface area (Å²) in [5.41, 5.74) is 4.86. The molecule has 0 aliphatic carbocycles. The Morgan fingerprint density at radius 1 is 1.13 bits per heavy atom. The summed E-state index contributed by atoms with van der Waals surface area (Å²) < 4.78 is 0. The van der Waals surface area contributed by atoms with Gasteiger partial charge >= 0.3 is 0 Å². The molecule has 3 N–H and O–H groups in total.